The fourth-order valence-electron chi connectivity index (χ4n) is 2.23. The van der Waals surface area contributed by atoms with Gasteiger partial charge in [0.15, 0.2) is 0 Å². The van der Waals surface area contributed by atoms with Gasteiger partial charge in [0.05, 0.1) is 5.56 Å². The highest BCUT2D eigenvalue weighted by molar-refractivity contribution is 5.97. The molecule has 0 radical (unpaired) electrons. The molecular formula is C13H17NO5. The second kappa shape index (κ2) is 5.46. The molecule has 1 aromatic rings. The van der Waals surface area contributed by atoms with Crippen LogP contribution in [0.5, 0.6) is 11.5 Å². The molecule has 19 heavy (non-hydrogen) atoms. The van der Waals surface area contributed by atoms with Crippen LogP contribution in [0.25, 0.3) is 0 Å². The predicted molar refractivity (Wildman–Crippen MR) is 67.3 cm³/mol. The van der Waals surface area contributed by atoms with Gasteiger partial charge >= 0.3 is 0 Å². The number of hydrogen-bond acceptors (Lipinski definition) is 5. The van der Waals surface area contributed by atoms with Crippen molar-refractivity contribution in [2.75, 3.05) is 27.3 Å². The lowest BCUT2D eigenvalue weighted by Crippen LogP contribution is -2.30. The second-order valence-electron chi connectivity index (χ2n) is 4.46. The lowest BCUT2D eigenvalue weighted by molar-refractivity contribution is -0.00461. The summed E-state index contributed by atoms with van der Waals surface area (Å²) in [5, 5.41) is 19.1. The number of carbonyl (C=O) groups excluding carboxylic acids is 1. The van der Waals surface area contributed by atoms with Crippen molar-refractivity contribution < 1.29 is 24.5 Å². The molecule has 1 aromatic carbocycles. The largest absolute Gasteiger partial charge is 0.508 e. The van der Waals surface area contributed by atoms with E-state index in [0.717, 1.165) is 0 Å². The highest BCUT2D eigenvalue weighted by atomic mass is 16.5. The van der Waals surface area contributed by atoms with Gasteiger partial charge in [-0.1, -0.05) is 0 Å². The van der Waals surface area contributed by atoms with Gasteiger partial charge in [-0.2, -0.15) is 0 Å². The molecule has 0 aromatic heterocycles. The van der Waals surface area contributed by atoms with Crippen LogP contribution in [0.3, 0.4) is 0 Å². The first kappa shape index (κ1) is 13.6. The molecular weight excluding hydrogens is 250 g/mol. The van der Waals surface area contributed by atoms with Crippen LogP contribution < -0.4 is 0 Å². The van der Waals surface area contributed by atoms with Gasteiger partial charge in [0, 0.05) is 27.3 Å². The molecule has 2 N–H and O–H groups in total. The van der Waals surface area contributed by atoms with Crippen molar-refractivity contribution in [2.24, 2.45) is 0 Å². The van der Waals surface area contributed by atoms with Crippen LogP contribution in [0, 0.1) is 0 Å². The topological polar surface area (TPSA) is 79.2 Å². The van der Waals surface area contributed by atoms with E-state index < -0.39 is 0 Å². The fourth-order valence-corrected chi connectivity index (χ4v) is 2.23. The average molecular weight is 267 g/mol. The molecule has 1 saturated heterocycles. The third-order valence-electron chi connectivity index (χ3n) is 3.32. The summed E-state index contributed by atoms with van der Waals surface area (Å²) in [6.45, 7) is 0.784. The van der Waals surface area contributed by atoms with Crippen molar-refractivity contribution in [3.8, 4) is 11.5 Å². The summed E-state index contributed by atoms with van der Waals surface area (Å²) >= 11 is 0. The highest BCUT2D eigenvalue weighted by Crippen LogP contribution is 2.26. The van der Waals surface area contributed by atoms with Gasteiger partial charge < -0.3 is 24.6 Å². The lowest BCUT2D eigenvalue weighted by Gasteiger charge is -2.16. The number of ether oxygens (including phenoxy) is 2. The van der Waals surface area contributed by atoms with Gasteiger partial charge in [-0.05, 0) is 18.2 Å². The number of phenolic OH excluding ortho intramolecular Hbond substituents is 2. The second-order valence-corrected chi connectivity index (χ2v) is 4.46. The van der Waals surface area contributed by atoms with Crippen LogP contribution in [0.4, 0.5) is 0 Å². The van der Waals surface area contributed by atoms with Crippen LogP contribution >= 0.6 is 0 Å². The van der Waals surface area contributed by atoms with Crippen molar-refractivity contribution in [3.63, 3.8) is 0 Å². The number of rotatable bonds is 3. The summed E-state index contributed by atoms with van der Waals surface area (Å²) in [7, 11) is 3.13. The number of hydrogen-bond donors (Lipinski definition) is 2. The number of carbonyl (C=O) groups is 1. The Morgan fingerprint density at radius 2 is 1.79 bits per heavy atom. The predicted octanol–water partition coefficient (Wildman–Crippen LogP) is 0.584. The van der Waals surface area contributed by atoms with Crippen molar-refractivity contribution in [1.29, 1.82) is 0 Å². The molecule has 1 aliphatic heterocycles. The van der Waals surface area contributed by atoms with Crippen molar-refractivity contribution in [2.45, 2.75) is 12.2 Å². The van der Waals surface area contributed by atoms with E-state index in [1.165, 1.54) is 23.1 Å². The van der Waals surface area contributed by atoms with E-state index in [2.05, 4.69) is 0 Å². The van der Waals surface area contributed by atoms with Gasteiger partial charge in [0.2, 0.25) is 0 Å². The number of phenols is 2. The van der Waals surface area contributed by atoms with E-state index in [9.17, 15) is 15.0 Å². The number of benzene rings is 1. The Labute approximate surface area is 111 Å². The molecule has 6 nitrogen and oxygen atoms in total. The number of aromatic hydroxyl groups is 2. The van der Waals surface area contributed by atoms with E-state index >= 15 is 0 Å². The van der Waals surface area contributed by atoms with Crippen LogP contribution in [-0.2, 0) is 9.47 Å². The highest BCUT2D eigenvalue weighted by Gasteiger charge is 2.36. The summed E-state index contributed by atoms with van der Waals surface area (Å²) in [5.41, 5.74) is 0.0756. The monoisotopic (exact) mass is 267 g/mol. The zero-order valence-electron chi connectivity index (χ0n) is 10.9. The molecule has 2 atom stereocenters. The van der Waals surface area contributed by atoms with E-state index in [0.29, 0.717) is 13.1 Å². The molecule has 2 unspecified atom stereocenters. The number of methoxy groups -OCH3 is 2. The molecule has 0 saturated carbocycles. The Morgan fingerprint density at radius 1 is 1.21 bits per heavy atom. The van der Waals surface area contributed by atoms with Gasteiger partial charge in [-0.3, -0.25) is 4.79 Å². The molecule has 0 spiro atoms. The Balaban J connectivity index is 2.19. The van der Waals surface area contributed by atoms with Crippen LogP contribution in [-0.4, -0.2) is 60.5 Å². The van der Waals surface area contributed by atoms with E-state index in [4.69, 9.17) is 9.47 Å². The van der Waals surface area contributed by atoms with E-state index in [1.807, 2.05) is 0 Å². The molecule has 2 rings (SSSR count). The third kappa shape index (κ3) is 2.64. The summed E-state index contributed by atoms with van der Waals surface area (Å²) in [4.78, 5) is 13.8. The zero-order chi connectivity index (χ0) is 14.0. The Morgan fingerprint density at radius 3 is 2.32 bits per heavy atom. The summed E-state index contributed by atoms with van der Waals surface area (Å²) < 4.78 is 10.5. The molecule has 104 valence electrons. The number of nitrogens with zero attached hydrogens (tertiary/aromatic N) is 1. The lowest BCUT2D eigenvalue weighted by atomic mass is 10.1. The Hall–Kier alpha value is -1.79. The molecule has 1 heterocycles. The Bertz CT molecular complexity index is 464. The molecule has 0 bridgehead atoms. The van der Waals surface area contributed by atoms with E-state index in [1.54, 1.807) is 14.2 Å². The minimum atomic E-state index is -0.352. The standard InChI is InChI=1S/C13H17NO5/c1-18-11-6-14(7-12(11)19-2)13(17)9-5-8(15)3-4-10(9)16/h3-5,11-12,15-16H,6-7H2,1-2H3. The van der Waals surface area contributed by atoms with Gasteiger partial charge in [0.1, 0.15) is 23.7 Å². The molecule has 1 amide bonds. The normalized spacial score (nSPS) is 22.7. The average Bonchev–Trinajstić information content (AvgIpc) is 2.84. The van der Waals surface area contributed by atoms with Crippen LogP contribution in [0.15, 0.2) is 18.2 Å². The van der Waals surface area contributed by atoms with Gasteiger partial charge in [-0.25, -0.2) is 0 Å². The molecule has 0 aliphatic carbocycles. The van der Waals surface area contributed by atoms with Crippen LogP contribution in [0.2, 0.25) is 0 Å². The van der Waals surface area contributed by atoms with Gasteiger partial charge in [-0.15, -0.1) is 0 Å². The minimum Gasteiger partial charge on any atom is -0.508 e. The van der Waals surface area contributed by atoms with Crippen LogP contribution in [0.1, 0.15) is 10.4 Å². The first-order valence-electron chi connectivity index (χ1n) is 5.93. The quantitative estimate of drug-likeness (QED) is 0.783. The maximum atomic E-state index is 12.3. The van der Waals surface area contributed by atoms with Crippen molar-refractivity contribution >= 4 is 5.91 Å². The summed E-state index contributed by atoms with van der Waals surface area (Å²) in [5.74, 6) is -0.570. The van der Waals surface area contributed by atoms with Gasteiger partial charge in [0.25, 0.3) is 5.91 Å². The van der Waals surface area contributed by atoms with Crippen molar-refractivity contribution in [1.82, 2.24) is 4.90 Å². The Kier molecular flexibility index (Phi) is 3.92. The maximum absolute atomic E-state index is 12.3. The fraction of sp³-hybridized carbons (Fsp3) is 0.462. The minimum absolute atomic E-state index is 0.0630. The molecule has 6 heteroatoms. The third-order valence-corrected chi connectivity index (χ3v) is 3.32. The SMILES string of the molecule is COC1CN(C(=O)c2cc(O)ccc2O)CC1OC. The number of amides is 1. The summed E-state index contributed by atoms with van der Waals surface area (Å²) in [6, 6.07) is 3.87. The first-order valence-corrected chi connectivity index (χ1v) is 5.93. The zero-order valence-corrected chi connectivity index (χ0v) is 10.9. The van der Waals surface area contributed by atoms with E-state index in [-0.39, 0.29) is 35.2 Å². The molecule has 1 fully saturated rings. The van der Waals surface area contributed by atoms with Crippen molar-refractivity contribution in [3.05, 3.63) is 23.8 Å². The smallest absolute Gasteiger partial charge is 0.257 e. The number of likely N-dealkylation sites (tertiary alicyclic amines) is 1. The maximum Gasteiger partial charge on any atom is 0.257 e. The summed E-state index contributed by atoms with van der Waals surface area (Å²) in [6.07, 6.45) is -0.373. The molecule has 1 aliphatic rings. The first-order chi connectivity index (χ1) is 9.06.